The van der Waals surface area contributed by atoms with Crippen LogP contribution in [0.3, 0.4) is 0 Å². The van der Waals surface area contributed by atoms with Crippen molar-refractivity contribution in [2.24, 2.45) is 0 Å². The third-order valence-corrected chi connectivity index (χ3v) is 6.15. The molecule has 1 unspecified atom stereocenters. The zero-order valence-corrected chi connectivity index (χ0v) is 15.4. The lowest BCUT2D eigenvalue weighted by atomic mass is 10.0. The number of sulfone groups is 1. The second kappa shape index (κ2) is 7.37. The molecule has 0 radical (unpaired) electrons. The molecule has 7 heteroatoms. The first-order valence-electron chi connectivity index (χ1n) is 8.43. The molecular weight excluding hydrogens is 352 g/mol. The van der Waals surface area contributed by atoms with Crippen LogP contribution in [0.5, 0.6) is 11.5 Å². The van der Waals surface area contributed by atoms with Gasteiger partial charge in [0.05, 0.1) is 29.3 Å². The Labute approximate surface area is 153 Å². The Morgan fingerprint density at radius 1 is 1.12 bits per heavy atom. The summed E-state index contributed by atoms with van der Waals surface area (Å²) >= 11 is 0. The van der Waals surface area contributed by atoms with Gasteiger partial charge in [0, 0.05) is 0 Å². The minimum Gasteiger partial charge on any atom is -0.455 e. The van der Waals surface area contributed by atoms with E-state index in [0.717, 1.165) is 0 Å². The maximum absolute atomic E-state index is 12.2. The molecule has 0 bridgehead atoms. The van der Waals surface area contributed by atoms with Gasteiger partial charge in [0.25, 0.3) is 0 Å². The fourth-order valence-corrected chi connectivity index (χ4v) is 5.08. The lowest BCUT2D eigenvalue weighted by Crippen LogP contribution is -2.48. The van der Waals surface area contributed by atoms with Crippen LogP contribution in [0.4, 0.5) is 5.69 Å². The average molecular weight is 374 g/mol. The van der Waals surface area contributed by atoms with Crippen molar-refractivity contribution in [1.29, 1.82) is 0 Å². The van der Waals surface area contributed by atoms with Gasteiger partial charge < -0.3 is 15.4 Å². The topological polar surface area (TPSA) is 84.5 Å². The molecule has 3 rings (SSSR count). The molecule has 0 saturated carbocycles. The predicted molar refractivity (Wildman–Crippen MR) is 101 cm³/mol. The molecule has 0 spiro atoms. The van der Waals surface area contributed by atoms with E-state index in [4.69, 9.17) is 4.74 Å². The molecule has 6 nitrogen and oxygen atoms in total. The number of rotatable bonds is 6. The van der Waals surface area contributed by atoms with Crippen LogP contribution in [-0.4, -0.2) is 37.9 Å². The van der Waals surface area contributed by atoms with E-state index in [1.807, 2.05) is 54.6 Å². The Morgan fingerprint density at radius 3 is 2.50 bits per heavy atom. The molecule has 0 aromatic heterocycles. The smallest absolute Gasteiger partial charge is 0.239 e. The Balaban J connectivity index is 1.60. The van der Waals surface area contributed by atoms with E-state index in [1.54, 1.807) is 6.92 Å². The molecule has 2 N–H and O–H groups in total. The summed E-state index contributed by atoms with van der Waals surface area (Å²) in [5.74, 6) is 1.17. The van der Waals surface area contributed by atoms with Crippen molar-refractivity contribution in [1.82, 2.24) is 5.32 Å². The molecule has 1 amide bonds. The van der Waals surface area contributed by atoms with Gasteiger partial charge in [-0.15, -0.1) is 0 Å². The Kier molecular flexibility index (Phi) is 5.18. The van der Waals surface area contributed by atoms with Gasteiger partial charge in [-0.2, -0.15) is 0 Å². The van der Waals surface area contributed by atoms with Crippen molar-refractivity contribution < 1.29 is 17.9 Å². The van der Waals surface area contributed by atoms with Crippen LogP contribution in [-0.2, 0) is 14.6 Å². The van der Waals surface area contributed by atoms with Gasteiger partial charge in [-0.3, -0.25) is 4.79 Å². The number of carbonyl (C=O) groups is 1. The molecule has 1 atom stereocenters. The Morgan fingerprint density at radius 2 is 1.81 bits per heavy atom. The average Bonchev–Trinajstić information content (AvgIpc) is 2.88. The highest BCUT2D eigenvalue weighted by atomic mass is 32.2. The van der Waals surface area contributed by atoms with Crippen LogP contribution >= 0.6 is 0 Å². The number of benzene rings is 2. The van der Waals surface area contributed by atoms with E-state index in [1.165, 1.54) is 0 Å². The van der Waals surface area contributed by atoms with Crippen molar-refractivity contribution in [2.45, 2.75) is 18.9 Å². The number of carbonyl (C=O) groups excluding carboxylic acids is 1. The van der Waals surface area contributed by atoms with Gasteiger partial charge in [-0.1, -0.05) is 30.3 Å². The highest BCUT2D eigenvalue weighted by Gasteiger charge is 2.39. The van der Waals surface area contributed by atoms with Crippen molar-refractivity contribution in [2.75, 3.05) is 23.4 Å². The first-order chi connectivity index (χ1) is 12.4. The van der Waals surface area contributed by atoms with Crippen LogP contribution in [0.15, 0.2) is 54.6 Å². The first kappa shape index (κ1) is 18.3. The summed E-state index contributed by atoms with van der Waals surface area (Å²) in [5, 5.41) is 5.89. The SMILES string of the molecule is CC1(NC(=O)CNc2ccccc2Oc2ccccc2)CCS(=O)(=O)C1. The summed E-state index contributed by atoms with van der Waals surface area (Å²) < 4.78 is 29.1. The van der Waals surface area contributed by atoms with Crippen molar-refractivity contribution in [3.05, 3.63) is 54.6 Å². The number of hydrogen-bond acceptors (Lipinski definition) is 5. The monoisotopic (exact) mass is 374 g/mol. The highest BCUT2D eigenvalue weighted by Crippen LogP contribution is 2.29. The second-order valence-corrected chi connectivity index (χ2v) is 8.90. The van der Waals surface area contributed by atoms with E-state index in [9.17, 15) is 13.2 Å². The molecule has 1 fully saturated rings. The van der Waals surface area contributed by atoms with Crippen LogP contribution < -0.4 is 15.4 Å². The Bertz CT molecular complexity index is 883. The van der Waals surface area contributed by atoms with Gasteiger partial charge >= 0.3 is 0 Å². The van der Waals surface area contributed by atoms with Crippen LogP contribution in [0.25, 0.3) is 0 Å². The summed E-state index contributed by atoms with van der Waals surface area (Å²) in [6.07, 6.45) is 0.439. The quantitative estimate of drug-likeness (QED) is 0.812. The fraction of sp³-hybridized carbons (Fsp3) is 0.316. The van der Waals surface area contributed by atoms with Crippen LogP contribution in [0, 0.1) is 0 Å². The second-order valence-electron chi connectivity index (χ2n) is 6.72. The van der Waals surface area contributed by atoms with Crippen molar-refractivity contribution >= 4 is 21.4 Å². The molecular formula is C19H22N2O4S. The van der Waals surface area contributed by atoms with Crippen molar-refractivity contribution in [3.8, 4) is 11.5 Å². The predicted octanol–water partition coefficient (Wildman–Crippen LogP) is 2.58. The van der Waals surface area contributed by atoms with Crippen molar-refractivity contribution in [3.63, 3.8) is 0 Å². The van der Waals surface area contributed by atoms with E-state index < -0.39 is 15.4 Å². The molecule has 138 valence electrons. The third kappa shape index (κ3) is 4.76. The van der Waals surface area contributed by atoms with E-state index in [2.05, 4.69) is 10.6 Å². The van der Waals surface area contributed by atoms with Gasteiger partial charge in [-0.25, -0.2) is 8.42 Å². The number of ether oxygens (including phenoxy) is 1. The lowest BCUT2D eigenvalue weighted by Gasteiger charge is -2.24. The highest BCUT2D eigenvalue weighted by molar-refractivity contribution is 7.91. The summed E-state index contributed by atoms with van der Waals surface area (Å²) in [7, 11) is -3.06. The zero-order chi connectivity index (χ0) is 18.6. The number of hydrogen-bond donors (Lipinski definition) is 2. The number of anilines is 1. The summed E-state index contributed by atoms with van der Waals surface area (Å²) in [5.41, 5.74) is -0.00631. The minimum absolute atomic E-state index is 0.0144. The van der Waals surface area contributed by atoms with Gasteiger partial charge in [0.2, 0.25) is 5.91 Å². The molecule has 26 heavy (non-hydrogen) atoms. The molecule has 0 aliphatic carbocycles. The number of para-hydroxylation sites is 3. The lowest BCUT2D eigenvalue weighted by molar-refractivity contribution is -0.120. The van der Waals surface area contributed by atoms with E-state index in [0.29, 0.717) is 23.6 Å². The zero-order valence-electron chi connectivity index (χ0n) is 14.6. The number of amides is 1. The largest absolute Gasteiger partial charge is 0.455 e. The number of nitrogens with one attached hydrogen (secondary N) is 2. The maximum Gasteiger partial charge on any atom is 0.239 e. The molecule has 1 aliphatic rings. The van der Waals surface area contributed by atoms with Gasteiger partial charge in [0.15, 0.2) is 15.6 Å². The summed E-state index contributed by atoms with van der Waals surface area (Å²) in [6.45, 7) is 1.80. The van der Waals surface area contributed by atoms with Crippen LogP contribution in [0.2, 0.25) is 0 Å². The maximum atomic E-state index is 12.2. The normalized spacial score (nSPS) is 21.1. The van der Waals surface area contributed by atoms with Gasteiger partial charge in [0.1, 0.15) is 5.75 Å². The summed E-state index contributed by atoms with van der Waals surface area (Å²) in [4.78, 5) is 12.2. The van der Waals surface area contributed by atoms with Crippen LogP contribution in [0.1, 0.15) is 13.3 Å². The standard InChI is InChI=1S/C19H22N2O4S/c1-19(11-12-26(23,24)14-19)21-18(22)13-20-16-9-5-6-10-17(16)25-15-7-3-2-4-8-15/h2-10,20H,11-14H2,1H3,(H,21,22). The first-order valence-corrected chi connectivity index (χ1v) is 10.2. The summed E-state index contributed by atoms with van der Waals surface area (Å²) in [6, 6.07) is 16.7. The van der Waals surface area contributed by atoms with E-state index >= 15 is 0 Å². The third-order valence-electron chi connectivity index (χ3n) is 4.24. The molecule has 2 aromatic carbocycles. The molecule has 2 aromatic rings. The molecule has 1 heterocycles. The van der Waals surface area contributed by atoms with Gasteiger partial charge in [-0.05, 0) is 37.6 Å². The molecule has 1 aliphatic heterocycles. The molecule has 1 saturated heterocycles. The van der Waals surface area contributed by atoms with E-state index in [-0.39, 0.29) is 24.0 Å². The fourth-order valence-electron chi connectivity index (χ4n) is 2.98. The minimum atomic E-state index is -3.06. The Hall–Kier alpha value is -2.54.